The fraction of sp³-hybridized carbons (Fsp3) is 0.333. The number of carbonyl (C=O) groups excluding carboxylic acids is 1. The monoisotopic (exact) mass is 521 g/mol. The summed E-state index contributed by atoms with van der Waals surface area (Å²) in [5, 5.41) is 2.95. The molecule has 0 spiro atoms. The second-order valence-corrected chi connectivity index (χ2v) is 11.3. The predicted molar refractivity (Wildman–Crippen MR) is 123 cm³/mol. The van der Waals surface area contributed by atoms with Crippen molar-refractivity contribution in [3.8, 4) is 5.75 Å². The van der Waals surface area contributed by atoms with E-state index in [4.69, 9.17) is 4.74 Å². The molecule has 2 aromatic carbocycles. The Kier molecular flexibility index (Phi) is 5.49. The lowest BCUT2D eigenvalue weighted by Gasteiger charge is -2.31. The third-order valence-corrected chi connectivity index (χ3v) is 9.28. The van der Waals surface area contributed by atoms with Crippen molar-refractivity contribution < 1.29 is 17.9 Å². The molecule has 31 heavy (non-hydrogen) atoms. The van der Waals surface area contributed by atoms with E-state index in [1.165, 1.54) is 4.31 Å². The molecular weight excluding hydrogens is 502 g/mol. The second kappa shape index (κ2) is 8.16. The third-order valence-electron chi connectivity index (χ3n) is 5.81. The number of benzene rings is 2. The quantitative estimate of drug-likeness (QED) is 0.559. The summed E-state index contributed by atoms with van der Waals surface area (Å²) in [6.45, 7) is 1.09. The summed E-state index contributed by atoms with van der Waals surface area (Å²) >= 11 is 5.02. The van der Waals surface area contributed by atoms with Crippen molar-refractivity contribution in [1.82, 2.24) is 9.29 Å². The van der Waals surface area contributed by atoms with Crippen molar-refractivity contribution in [3.63, 3.8) is 0 Å². The Morgan fingerprint density at radius 1 is 1.23 bits per heavy atom. The van der Waals surface area contributed by atoms with E-state index in [0.717, 1.165) is 20.3 Å². The van der Waals surface area contributed by atoms with E-state index in [2.05, 4.69) is 26.2 Å². The lowest BCUT2D eigenvalue weighted by atomic mass is 9.97. The van der Waals surface area contributed by atoms with E-state index < -0.39 is 10.0 Å². The molecule has 0 aliphatic carbocycles. The molecule has 1 fully saturated rings. The highest BCUT2D eigenvalue weighted by atomic mass is 79.9. The van der Waals surface area contributed by atoms with Crippen LogP contribution in [0, 0.1) is 5.92 Å². The molecule has 0 unspecified atom stereocenters. The molecule has 0 saturated carbocycles. The molecule has 10 heteroatoms. The molecule has 3 aromatic rings. The zero-order valence-corrected chi connectivity index (χ0v) is 19.7. The van der Waals surface area contributed by atoms with Crippen molar-refractivity contribution in [2.75, 3.05) is 25.0 Å². The number of aromatic nitrogens is 1. The van der Waals surface area contributed by atoms with E-state index in [-0.39, 0.29) is 16.7 Å². The Morgan fingerprint density at radius 3 is 2.84 bits per heavy atom. The maximum Gasteiger partial charge on any atom is 0.246 e. The molecule has 0 atom stereocenters. The highest BCUT2D eigenvalue weighted by Crippen LogP contribution is 2.39. The number of piperidine rings is 1. The number of fused-ring (bicyclic) bond motifs is 2. The number of thiazole rings is 1. The van der Waals surface area contributed by atoms with Crippen molar-refractivity contribution in [2.24, 2.45) is 5.92 Å². The Morgan fingerprint density at radius 2 is 2.03 bits per heavy atom. The summed E-state index contributed by atoms with van der Waals surface area (Å²) in [4.78, 5) is 17.2. The van der Waals surface area contributed by atoms with Crippen molar-refractivity contribution in [3.05, 3.63) is 45.9 Å². The van der Waals surface area contributed by atoms with Gasteiger partial charge in [-0.15, -0.1) is 11.3 Å². The fourth-order valence-corrected chi connectivity index (χ4v) is 6.90. The molecule has 162 valence electrons. The van der Waals surface area contributed by atoms with E-state index in [1.807, 2.05) is 18.2 Å². The fourth-order valence-electron chi connectivity index (χ4n) is 4.11. The van der Waals surface area contributed by atoms with Crippen LogP contribution < -0.4 is 10.1 Å². The molecule has 0 bridgehead atoms. The summed E-state index contributed by atoms with van der Waals surface area (Å²) < 4.78 is 35.5. The molecule has 2 aliphatic heterocycles. The molecule has 2 aliphatic rings. The summed E-state index contributed by atoms with van der Waals surface area (Å²) in [6.07, 6.45) is 1.64. The average Bonchev–Trinajstić information content (AvgIpc) is 3.43. The minimum absolute atomic E-state index is 0.0838. The van der Waals surface area contributed by atoms with Gasteiger partial charge in [0, 0.05) is 41.2 Å². The van der Waals surface area contributed by atoms with Gasteiger partial charge in [-0.2, -0.15) is 4.31 Å². The van der Waals surface area contributed by atoms with Gasteiger partial charge in [-0.3, -0.25) is 4.79 Å². The number of carbonyl (C=O) groups is 1. The van der Waals surface area contributed by atoms with Gasteiger partial charge in [0.2, 0.25) is 15.9 Å². The molecule has 1 amide bonds. The smallest absolute Gasteiger partial charge is 0.246 e. The van der Waals surface area contributed by atoms with E-state index in [1.54, 1.807) is 29.0 Å². The highest BCUT2D eigenvalue weighted by Gasteiger charge is 2.35. The molecule has 1 aromatic heterocycles. The first kappa shape index (κ1) is 20.9. The number of hydrogen-bond donors (Lipinski definition) is 1. The van der Waals surface area contributed by atoms with Gasteiger partial charge < -0.3 is 10.1 Å². The molecule has 5 rings (SSSR count). The van der Waals surface area contributed by atoms with E-state index in [0.29, 0.717) is 50.4 Å². The zero-order chi connectivity index (χ0) is 21.6. The standard InChI is InChI=1S/C21H20BrN3O4S2/c22-16-2-4-19(20-15(16)7-10-29-20)31(27,28)25-8-5-13(6-9-25)21(26)24-14-1-3-18-17(11-14)23-12-30-18/h1-4,11-13H,5-10H2,(H,24,26). The van der Waals surface area contributed by atoms with Gasteiger partial charge in [0.1, 0.15) is 10.6 Å². The maximum atomic E-state index is 13.2. The molecule has 1 N–H and O–H groups in total. The van der Waals surface area contributed by atoms with Crippen molar-refractivity contribution in [1.29, 1.82) is 0 Å². The van der Waals surface area contributed by atoms with E-state index in [9.17, 15) is 13.2 Å². The first-order valence-corrected chi connectivity index (χ1v) is 13.1. The normalized spacial score (nSPS) is 17.5. The first-order chi connectivity index (χ1) is 14.9. The first-order valence-electron chi connectivity index (χ1n) is 10.0. The molecular formula is C21H20BrN3O4S2. The number of hydrogen-bond acceptors (Lipinski definition) is 6. The molecule has 1 saturated heterocycles. The van der Waals surface area contributed by atoms with Crippen LogP contribution in [0.1, 0.15) is 18.4 Å². The minimum atomic E-state index is -3.68. The molecule has 0 radical (unpaired) electrons. The van der Waals surface area contributed by atoms with Crippen LogP contribution in [0.25, 0.3) is 10.2 Å². The topological polar surface area (TPSA) is 88.6 Å². The number of ether oxygens (including phenoxy) is 1. The van der Waals surface area contributed by atoms with Crippen LogP contribution in [0.4, 0.5) is 5.69 Å². The number of sulfonamides is 1. The largest absolute Gasteiger partial charge is 0.491 e. The zero-order valence-electron chi connectivity index (χ0n) is 16.5. The molecule has 3 heterocycles. The Labute approximate surface area is 192 Å². The molecule has 7 nitrogen and oxygen atoms in total. The number of rotatable bonds is 4. The Balaban J connectivity index is 1.26. The minimum Gasteiger partial charge on any atom is -0.491 e. The maximum absolute atomic E-state index is 13.2. The van der Waals surface area contributed by atoms with Gasteiger partial charge in [0.15, 0.2) is 0 Å². The van der Waals surface area contributed by atoms with Crippen LogP contribution in [0.3, 0.4) is 0 Å². The van der Waals surface area contributed by atoms with Crippen LogP contribution in [0.2, 0.25) is 0 Å². The van der Waals surface area contributed by atoms with Gasteiger partial charge in [-0.1, -0.05) is 15.9 Å². The third kappa shape index (κ3) is 3.86. The number of anilines is 1. The van der Waals surface area contributed by atoms with Gasteiger partial charge in [0.25, 0.3) is 0 Å². The number of nitrogens with zero attached hydrogens (tertiary/aromatic N) is 2. The van der Waals surface area contributed by atoms with Crippen molar-refractivity contribution in [2.45, 2.75) is 24.2 Å². The van der Waals surface area contributed by atoms with Crippen LogP contribution in [0.5, 0.6) is 5.75 Å². The van der Waals surface area contributed by atoms with Crippen LogP contribution in [0.15, 0.2) is 45.2 Å². The number of nitrogens with one attached hydrogen (secondary N) is 1. The van der Waals surface area contributed by atoms with Gasteiger partial charge in [-0.05, 0) is 43.2 Å². The number of halogens is 1. The van der Waals surface area contributed by atoms with E-state index >= 15 is 0 Å². The summed E-state index contributed by atoms with van der Waals surface area (Å²) in [5.41, 5.74) is 4.24. The van der Waals surface area contributed by atoms with Crippen LogP contribution >= 0.6 is 27.3 Å². The summed E-state index contributed by atoms with van der Waals surface area (Å²) in [7, 11) is -3.68. The number of amides is 1. The lowest BCUT2D eigenvalue weighted by molar-refractivity contribution is -0.120. The lowest BCUT2D eigenvalue weighted by Crippen LogP contribution is -2.41. The van der Waals surface area contributed by atoms with Gasteiger partial charge in [-0.25, -0.2) is 13.4 Å². The van der Waals surface area contributed by atoms with Crippen LogP contribution in [-0.2, 0) is 21.2 Å². The summed E-state index contributed by atoms with van der Waals surface area (Å²) in [5.74, 6) is 0.135. The van der Waals surface area contributed by atoms with Crippen LogP contribution in [-0.4, -0.2) is 43.3 Å². The summed E-state index contributed by atoms with van der Waals surface area (Å²) in [6, 6.07) is 9.02. The van der Waals surface area contributed by atoms with Gasteiger partial charge >= 0.3 is 0 Å². The average molecular weight is 522 g/mol. The van der Waals surface area contributed by atoms with Crippen molar-refractivity contribution >= 4 is 59.1 Å². The predicted octanol–water partition coefficient (Wildman–Crippen LogP) is 4.03. The second-order valence-electron chi connectivity index (χ2n) is 7.65. The SMILES string of the molecule is O=C(Nc1ccc2scnc2c1)C1CCN(S(=O)(=O)c2ccc(Br)c3c2OCC3)CC1. The Bertz CT molecular complexity index is 1270. The van der Waals surface area contributed by atoms with Gasteiger partial charge in [0.05, 0.1) is 22.3 Å². The Hall–Kier alpha value is -2.01. The highest BCUT2D eigenvalue weighted by molar-refractivity contribution is 9.10.